The molecule has 1 heterocycles. The summed E-state index contributed by atoms with van der Waals surface area (Å²) in [7, 11) is 0. The van der Waals surface area contributed by atoms with Crippen molar-refractivity contribution in [3.05, 3.63) is 84.1 Å². The Morgan fingerprint density at radius 3 is 2.63 bits per heavy atom. The van der Waals surface area contributed by atoms with E-state index in [-0.39, 0.29) is 5.41 Å². The lowest BCUT2D eigenvalue weighted by Gasteiger charge is -2.29. The molecule has 0 aromatic heterocycles. The number of allylic oxidation sites excluding steroid dienone is 4. The molecule has 2 aromatic rings. The van der Waals surface area contributed by atoms with E-state index in [1.54, 1.807) is 0 Å². The van der Waals surface area contributed by atoms with Crippen LogP contribution in [0.15, 0.2) is 83.5 Å². The first kappa shape index (κ1) is 22.3. The van der Waals surface area contributed by atoms with Crippen molar-refractivity contribution in [2.24, 2.45) is 4.99 Å². The van der Waals surface area contributed by atoms with E-state index in [0.717, 1.165) is 42.9 Å². The Kier molecular flexibility index (Phi) is 8.28. The number of para-hydroxylation sites is 2. The number of fused-ring (bicyclic) bond motifs is 1. The summed E-state index contributed by atoms with van der Waals surface area (Å²) in [6, 6.07) is 18.5. The lowest BCUT2D eigenvalue weighted by Crippen LogP contribution is -2.28. The van der Waals surface area contributed by atoms with Crippen molar-refractivity contribution in [2.45, 2.75) is 32.1 Å². The molecule has 1 atom stereocenters. The predicted octanol–water partition coefficient (Wildman–Crippen LogP) is 6.48. The zero-order chi connectivity index (χ0) is 21.2. The van der Waals surface area contributed by atoms with Crippen LogP contribution in [-0.2, 0) is 14.8 Å². The Bertz CT molecular complexity index is 898. The van der Waals surface area contributed by atoms with Crippen LogP contribution >= 0.6 is 12.0 Å². The van der Waals surface area contributed by atoms with E-state index < -0.39 is 0 Å². The van der Waals surface area contributed by atoms with E-state index in [4.69, 9.17) is 5.26 Å². The summed E-state index contributed by atoms with van der Waals surface area (Å²) in [6.07, 6.45) is 9.94. The third kappa shape index (κ3) is 5.21. The predicted molar refractivity (Wildman–Crippen MR) is 125 cm³/mol. The Morgan fingerprint density at radius 1 is 1.10 bits per heavy atom. The van der Waals surface area contributed by atoms with Gasteiger partial charge in [0.15, 0.2) is 0 Å². The normalized spacial score (nSPS) is 20.0. The zero-order valence-corrected chi connectivity index (χ0v) is 18.2. The molecule has 0 radical (unpaired) electrons. The summed E-state index contributed by atoms with van der Waals surface area (Å²) in [5.74, 6) is 0.733. The molecule has 0 saturated heterocycles. The van der Waals surface area contributed by atoms with E-state index in [2.05, 4.69) is 69.5 Å². The number of anilines is 1. The molecule has 0 bridgehead atoms. The summed E-state index contributed by atoms with van der Waals surface area (Å²) in [5.41, 5.74) is 4.72. The number of nitrogens with zero attached hydrogens (tertiary/aromatic N) is 2. The van der Waals surface area contributed by atoms with Crippen LogP contribution in [0.25, 0.3) is 0 Å². The lowest BCUT2D eigenvalue weighted by atomic mass is 9.77. The van der Waals surface area contributed by atoms with E-state index in [9.17, 15) is 0 Å². The summed E-state index contributed by atoms with van der Waals surface area (Å²) < 4.78 is 4.52. The topological polar surface area (TPSA) is 54.3 Å². The molecule has 1 aliphatic rings. The molecule has 1 unspecified atom stereocenters. The number of hydrogen-bond acceptors (Lipinski definition) is 6. The number of hydrogen-bond donors (Lipinski definition) is 1. The standard InChI is InChI=1S/C24H28N2O3S/c1-3-26-22-15-8-7-14-21(22)24(2,17-11-19-30-29-28-27)23(26)16-9-10-18-25-20-12-5-4-6-13-20/h4-10,12-16,18,27H,3,11,17,19H2,1-2H3/b10-9+,23-16+,25-18+. The molecule has 6 heteroatoms. The van der Waals surface area contributed by atoms with E-state index in [1.165, 1.54) is 16.9 Å². The van der Waals surface area contributed by atoms with Gasteiger partial charge in [-0.2, -0.15) is 0 Å². The van der Waals surface area contributed by atoms with Crippen molar-refractivity contribution in [1.82, 2.24) is 0 Å². The molecule has 158 valence electrons. The minimum Gasteiger partial charge on any atom is -0.344 e. The van der Waals surface area contributed by atoms with Crippen molar-refractivity contribution in [3.63, 3.8) is 0 Å². The fraction of sp³-hybridized carbons (Fsp3) is 0.292. The first-order valence-corrected chi connectivity index (χ1v) is 11.0. The largest absolute Gasteiger partial charge is 0.344 e. The van der Waals surface area contributed by atoms with Crippen molar-refractivity contribution in [1.29, 1.82) is 0 Å². The van der Waals surface area contributed by atoms with Crippen molar-refractivity contribution < 1.29 is 14.6 Å². The van der Waals surface area contributed by atoms with Crippen LogP contribution < -0.4 is 4.90 Å². The molecular weight excluding hydrogens is 396 g/mol. The Hall–Kier alpha value is -2.38. The van der Waals surface area contributed by atoms with Gasteiger partial charge in [0.25, 0.3) is 0 Å². The Labute approximate surface area is 182 Å². The highest BCUT2D eigenvalue weighted by Crippen LogP contribution is 2.50. The van der Waals surface area contributed by atoms with Crippen LogP contribution in [0.3, 0.4) is 0 Å². The summed E-state index contributed by atoms with van der Waals surface area (Å²) >= 11 is 1.11. The fourth-order valence-corrected chi connectivity index (χ4v) is 4.37. The first-order chi connectivity index (χ1) is 14.7. The van der Waals surface area contributed by atoms with Gasteiger partial charge in [0, 0.05) is 47.4 Å². The lowest BCUT2D eigenvalue weighted by molar-refractivity contribution is -0.432. The summed E-state index contributed by atoms with van der Waals surface area (Å²) in [5, 5.41) is 12.0. The van der Waals surface area contributed by atoms with Gasteiger partial charge in [-0.1, -0.05) is 47.5 Å². The smallest absolute Gasteiger partial charge is 0.0629 e. The number of aliphatic imine (C=N–C) groups is 1. The van der Waals surface area contributed by atoms with Crippen molar-refractivity contribution >= 4 is 29.6 Å². The van der Waals surface area contributed by atoms with Gasteiger partial charge >= 0.3 is 0 Å². The molecular formula is C24H28N2O3S. The summed E-state index contributed by atoms with van der Waals surface area (Å²) in [4.78, 5) is 6.84. The minimum atomic E-state index is -0.103. The molecule has 1 N–H and O–H groups in total. The van der Waals surface area contributed by atoms with Crippen LogP contribution in [-0.4, -0.2) is 23.8 Å². The highest BCUT2D eigenvalue weighted by atomic mass is 32.2. The van der Waals surface area contributed by atoms with Crippen LogP contribution in [0.2, 0.25) is 0 Å². The van der Waals surface area contributed by atoms with Gasteiger partial charge in [-0.15, -0.1) is 4.33 Å². The van der Waals surface area contributed by atoms with Gasteiger partial charge in [-0.25, -0.2) is 5.26 Å². The van der Waals surface area contributed by atoms with E-state index in [1.807, 2.05) is 42.6 Å². The van der Waals surface area contributed by atoms with E-state index in [0.29, 0.717) is 0 Å². The number of rotatable bonds is 10. The maximum atomic E-state index is 8.30. The third-order valence-corrected chi connectivity index (χ3v) is 5.99. The minimum absolute atomic E-state index is 0.103. The number of likely N-dealkylation sites (N-methyl/N-ethyl adjacent to an activating group) is 1. The average Bonchev–Trinajstić information content (AvgIpc) is 3.02. The molecule has 0 aliphatic carbocycles. The Balaban J connectivity index is 1.80. The average molecular weight is 425 g/mol. The SMILES string of the molecule is CCN1/C(=C/C=C/C=N/c2ccccc2)C(C)(CCCSOOO)c2ccccc21. The Morgan fingerprint density at radius 2 is 1.87 bits per heavy atom. The molecule has 30 heavy (non-hydrogen) atoms. The molecule has 0 spiro atoms. The maximum absolute atomic E-state index is 8.30. The second-order valence-corrected chi connectivity index (χ2v) is 7.99. The van der Waals surface area contributed by atoms with Gasteiger partial charge in [0.1, 0.15) is 0 Å². The maximum Gasteiger partial charge on any atom is 0.0629 e. The van der Waals surface area contributed by atoms with Crippen LogP contribution in [0.1, 0.15) is 32.3 Å². The quantitative estimate of drug-likeness (QED) is 0.156. The molecule has 0 saturated carbocycles. The van der Waals surface area contributed by atoms with Gasteiger partial charge in [0.05, 0.1) is 5.69 Å². The number of benzene rings is 2. The summed E-state index contributed by atoms with van der Waals surface area (Å²) in [6.45, 7) is 5.38. The second-order valence-electron chi connectivity index (χ2n) is 7.21. The van der Waals surface area contributed by atoms with Crippen molar-refractivity contribution in [2.75, 3.05) is 17.2 Å². The van der Waals surface area contributed by atoms with Crippen LogP contribution in [0.5, 0.6) is 0 Å². The zero-order valence-electron chi connectivity index (χ0n) is 17.4. The molecule has 0 amide bonds. The molecule has 0 fully saturated rings. The first-order valence-electron chi connectivity index (χ1n) is 10.1. The van der Waals surface area contributed by atoms with Gasteiger partial charge in [-0.3, -0.25) is 4.99 Å². The molecule has 1 aliphatic heterocycles. The monoisotopic (exact) mass is 424 g/mol. The third-order valence-electron chi connectivity index (χ3n) is 5.38. The van der Waals surface area contributed by atoms with Crippen LogP contribution in [0.4, 0.5) is 11.4 Å². The molecule has 5 nitrogen and oxygen atoms in total. The van der Waals surface area contributed by atoms with Gasteiger partial charge < -0.3 is 4.90 Å². The van der Waals surface area contributed by atoms with Gasteiger partial charge in [-0.05, 0) is 62.6 Å². The molecule has 3 rings (SSSR count). The van der Waals surface area contributed by atoms with Crippen LogP contribution in [0, 0.1) is 0 Å². The highest BCUT2D eigenvalue weighted by Gasteiger charge is 2.42. The fourth-order valence-electron chi connectivity index (χ4n) is 4.00. The second kappa shape index (κ2) is 11.1. The van der Waals surface area contributed by atoms with Gasteiger partial charge in [0.2, 0.25) is 0 Å². The van der Waals surface area contributed by atoms with Crippen molar-refractivity contribution in [3.8, 4) is 0 Å². The van der Waals surface area contributed by atoms with E-state index >= 15 is 0 Å². The highest BCUT2D eigenvalue weighted by molar-refractivity contribution is 7.94. The molecule has 2 aromatic carbocycles.